The highest BCUT2D eigenvalue weighted by Gasteiger charge is 2.36. The number of benzene rings is 1. The minimum Gasteiger partial charge on any atom is -0.493 e. The van der Waals surface area contributed by atoms with Crippen LogP contribution in [0.1, 0.15) is 31.1 Å². The predicted molar refractivity (Wildman–Crippen MR) is 86.9 cm³/mol. The first-order valence-electron chi connectivity index (χ1n) is 7.60. The average Bonchev–Trinajstić information content (AvgIpc) is 2.47. The molecule has 1 aliphatic rings. The van der Waals surface area contributed by atoms with Crippen LogP contribution in [-0.2, 0) is 10.0 Å². The maximum absolute atomic E-state index is 13.0. The molecule has 1 aromatic rings. The molecule has 0 aromatic heterocycles. The van der Waals surface area contributed by atoms with E-state index in [1.165, 1.54) is 22.5 Å². The fourth-order valence-corrected chi connectivity index (χ4v) is 4.70. The second kappa shape index (κ2) is 6.86. The molecule has 128 valence electrons. The average molecular weight is 341 g/mol. The number of ether oxygens (including phenoxy) is 1. The van der Waals surface area contributed by atoms with E-state index < -0.39 is 15.9 Å². The Labute approximate surface area is 136 Å². The van der Waals surface area contributed by atoms with Gasteiger partial charge in [-0.05, 0) is 39.0 Å². The number of sulfonamides is 1. The van der Waals surface area contributed by atoms with E-state index >= 15 is 0 Å². The third-order valence-electron chi connectivity index (χ3n) is 3.84. The van der Waals surface area contributed by atoms with Gasteiger partial charge in [0.1, 0.15) is 5.75 Å². The van der Waals surface area contributed by atoms with Crippen LogP contribution in [0.15, 0.2) is 23.1 Å². The van der Waals surface area contributed by atoms with Crippen molar-refractivity contribution in [3.05, 3.63) is 23.8 Å². The van der Waals surface area contributed by atoms with Crippen molar-refractivity contribution in [2.24, 2.45) is 5.73 Å². The number of hydrogen-bond donors (Lipinski definition) is 2. The lowest BCUT2D eigenvalue weighted by atomic mass is 10.2. The smallest absolute Gasteiger partial charge is 0.252 e. The third-order valence-corrected chi connectivity index (χ3v) is 5.96. The molecular formula is C15H23N3O4S. The minimum absolute atomic E-state index is 0.0513. The van der Waals surface area contributed by atoms with Gasteiger partial charge in [0.25, 0.3) is 5.91 Å². The number of rotatable bonds is 5. The first-order chi connectivity index (χ1) is 10.8. The Morgan fingerprint density at radius 2 is 1.96 bits per heavy atom. The number of hydrogen-bond acceptors (Lipinski definition) is 5. The van der Waals surface area contributed by atoms with Crippen LogP contribution >= 0.6 is 0 Å². The Kier molecular flexibility index (Phi) is 5.28. The SMILES string of the molecule is CCOc1ccc(S(=O)(=O)N2[C@H](C)CNC[C@@H]2C)cc1C(N)=O. The standard InChI is InChI=1S/C15H23N3O4S/c1-4-22-14-6-5-12(7-13(14)15(16)19)23(20,21)18-10(2)8-17-9-11(18)3/h5-7,10-11,17H,4,8-9H2,1-3H3,(H2,16,19)/t10-,11+. The van der Waals surface area contributed by atoms with Crippen LogP contribution < -0.4 is 15.8 Å². The number of piperazine rings is 1. The fourth-order valence-electron chi connectivity index (χ4n) is 2.85. The summed E-state index contributed by atoms with van der Waals surface area (Å²) in [5, 5.41) is 3.19. The zero-order valence-corrected chi connectivity index (χ0v) is 14.4. The van der Waals surface area contributed by atoms with Crippen molar-refractivity contribution in [1.82, 2.24) is 9.62 Å². The van der Waals surface area contributed by atoms with Crippen LogP contribution in [0.2, 0.25) is 0 Å². The molecule has 0 unspecified atom stereocenters. The third kappa shape index (κ3) is 3.49. The summed E-state index contributed by atoms with van der Waals surface area (Å²) in [6.45, 7) is 7.01. The second-order valence-corrected chi connectivity index (χ2v) is 7.49. The number of nitrogens with one attached hydrogen (secondary N) is 1. The highest BCUT2D eigenvalue weighted by atomic mass is 32.2. The number of carbonyl (C=O) groups is 1. The molecule has 2 atom stereocenters. The molecule has 1 amide bonds. The molecule has 0 aliphatic carbocycles. The van der Waals surface area contributed by atoms with E-state index in [2.05, 4.69) is 5.32 Å². The van der Waals surface area contributed by atoms with Crippen LogP contribution in [0.4, 0.5) is 0 Å². The Balaban J connectivity index is 2.47. The van der Waals surface area contributed by atoms with Gasteiger partial charge in [-0.3, -0.25) is 4.79 Å². The maximum Gasteiger partial charge on any atom is 0.252 e. The molecule has 0 saturated carbocycles. The fraction of sp³-hybridized carbons (Fsp3) is 0.533. The van der Waals surface area contributed by atoms with Crippen molar-refractivity contribution in [2.75, 3.05) is 19.7 Å². The predicted octanol–water partition coefficient (Wildman–Crippen LogP) is 0.555. The Hall–Kier alpha value is -1.64. The quantitative estimate of drug-likeness (QED) is 0.814. The van der Waals surface area contributed by atoms with E-state index in [0.717, 1.165) is 0 Å². The van der Waals surface area contributed by atoms with Crippen molar-refractivity contribution in [1.29, 1.82) is 0 Å². The molecule has 1 saturated heterocycles. The van der Waals surface area contributed by atoms with Gasteiger partial charge in [0.15, 0.2) is 0 Å². The van der Waals surface area contributed by atoms with Gasteiger partial charge in [-0.25, -0.2) is 8.42 Å². The summed E-state index contributed by atoms with van der Waals surface area (Å²) in [6.07, 6.45) is 0. The monoisotopic (exact) mass is 341 g/mol. The van der Waals surface area contributed by atoms with Gasteiger partial charge in [-0.15, -0.1) is 0 Å². The van der Waals surface area contributed by atoms with E-state index in [-0.39, 0.29) is 22.5 Å². The van der Waals surface area contributed by atoms with Crippen LogP contribution in [0.25, 0.3) is 0 Å². The first-order valence-corrected chi connectivity index (χ1v) is 9.04. The number of nitrogens with two attached hydrogens (primary N) is 1. The number of carbonyl (C=O) groups excluding carboxylic acids is 1. The zero-order valence-electron chi connectivity index (χ0n) is 13.6. The largest absolute Gasteiger partial charge is 0.493 e. The molecule has 23 heavy (non-hydrogen) atoms. The Bertz CT molecular complexity index is 680. The molecule has 1 fully saturated rings. The molecule has 0 spiro atoms. The van der Waals surface area contributed by atoms with Gasteiger partial charge in [0.2, 0.25) is 10.0 Å². The molecule has 3 N–H and O–H groups in total. The van der Waals surface area contributed by atoms with Crippen LogP contribution in [-0.4, -0.2) is 50.4 Å². The van der Waals surface area contributed by atoms with Crippen molar-refractivity contribution in [3.8, 4) is 5.75 Å². The minimum atomic E-state index is -3.72. The van der Waals surface area contributed by atoms with Crippen LogP contribution in [0.3, 0.4) is 0 Å². The van der Waals surface area contributed by atoms with Crippen LogP contribution in [0, 0.1) is 0 Å². The second-order valence-electron chi connectivity index (χ2n) is 5.65. The number of amides is 1. The van der Waals surface area contributed by atoms with Gasteiger partial charge in [0.05, 0.1) is 17.1 Å². The summed E-state index contributed by atoms with van der Waals surface area (Å²) in [5.74, 6) is -0.424. The molecule has 1 heterocycles. The van der Waals surface area contributed by atoms with Gasteiger partial charge >= 0.3 is 0 Å². The van der Waals surface area contributed by atoms with Crippen molar-refractivity contribution >= 4 is 15.9 Å². The van der Waals surface area contributed by atoms with E-state index in [1.807, 2.05) is 13.8 Å². The van der Waals surface area contributed by atoms with Gasteiger partial charge in [0, 0.05) is 25.2 Å². The molecule has 1 aliphatic heterocycles. The number of primary amides is 1. The molecule has 8 heteroatoms. The zero-order chi connectivity index (χ0) is 17.2. The molecule has 1 aromatic carbocycles. The number of nitrogens with zero attached hydrogens (tertiary/aromatic N) is 1. The summed E-state index contributed by atoms with van der Waals surface area (Å²) in [4.78, 5) is 11.7. The summed E-state index contributed by atoms with van der Waals surface area (Å²) >= 11 is 0. The lowest BCUT2D eigenvalue weighted by molar-refractivity contribution is 0.0996. The van der Waals surface area contributed by atoms with E-state index in [4.69, 9.17) is 10.5 Å². The van der Waals surface area contributed by atoms with Crippen LogP contribution in [0.5, 0.6) is 5.75 Å². The maximum atomic E-state index is 13.0. The van der Waals surface area contributed by atoms with E-state index in [1.54, 1.807) is 6.92 Å². The first kappa shape index (κ1) is 17.7. The van der Waals surface area contributed by atoms with Gasteiger partial charge < -0.3 is 15.8 Å². The molecule has 0 bridgehead atoms. The van der Waals surface area contributed by atoms with Gasteiger partial charge in [-0.2, -0.15) is 4.31 Å². The molecule has 2 rings (SSSR count). The lowest BCUT2D eigenvalue weighted by Crippen LogP contribution is -2.57. The highest BCUT2D eigenvalue weighted by molar-refractivity contribution is 7.89. The van der Waals surface area contributed by atoms with Crippen molar-refractivity contribution in [2.45, 2.75) is 37.8 Å². The summed E-state index contributed by atoms with van der Waals surface area (Å²) in [5.41, 5.74) is 5.43. The Morgan fingerprint density at radius 1 is 1.35 bits per heavy atom. The summed E-state index contributed by atoms with van der Waals surface area (Å²) < 4.78 is 32.7. The normalized spacial score (nSPS) is 22.7. The topological polar surface area (TPSA) is 102 Å². The van der Waals surface area contributed by atoms with Crippen molar-refractivity contribution in [3.63, 3.8) is 0 Å². The highest BCUT2D eigenvalue weighted by Crippen LogP contribution is 2.27. The van der Waals surface area contributed by atoms with Gasteiger partial charge in [-0.1, -0.05) is 0 Å². The van der Waals surface area contributed by atoms with E-state index in [9.17, 15) is 13.2 Å². The molecular weight excluding hydrogens is 318 g/mol. The summed E-state index contributed by atoms with van der Waals surface area (Å²) in [6, 6.07) is 3.88. The Morgan fingerprint density at radius 3 is 2.48 bits per heavy atom. The lowest BCUT2D eigenvalue weighted by Gasteiger charge is -2.38. The molecule has 7 nitrogen and oxygen atoms in total. The van der Waals surface area contributed by atoms with Crippen molar-refractivity contribution < 1.29 is 17.9 Å². The summed E-state index contributed by atoms with van der Waals surface area (Å²) in [7, 11) is -3.72. The van der Waals surface area contributed by atoms with E-state index in [0.29, 0.717) is 25.4 Å². The molecule has 0 radical (unpaired) electrons.